The van der Waals surface area contributed by atoms with Gasteiger partial charge in [-0.3, -0.25) is 9.59 Å². The van der Waals surface area contributed by atoms with Crippen LogP contribution in [-0.4, -0.2) is 58.1 Å². The minimum atomic E-state index is -1.69. The molecule has 8 nitrogen and oxygen atoms in total. The molecule has 0 spiro atoms. The van der Waals surface area contributed by atoms with Gasteiger partial charge in [-0.1, -0.05) is 48.0 Å². The highest BCUT2D eigenvalue weighted by Gasteiger charge is 2.30. The van der Waals surface area contributed by atoms with E-state index >= 15 is 0 Å². The zero-order chi connectivity index (χ0) is 24.7. The summed E-state index contributed by atoms with van der Waals surface area (Å²) in [5.41, 5.74) is 2.67. The number of nitrogens with one attached hydrogen (secondary N) is 1. The number of nitriles is 1. The summed E-state index contributed by atoms with van der Waals surface area (Å²) in [4.78, 5) is 37.8. The number of aliphatic hydroxyl groups is 1. The Hall–Kier alpha value is -3.41. The Balaban J connectivity index is 1.70. The van der Waals surface area contributed by atoms with Crippen molar-refractivity contribution in [3.63, 3.8) is 0 Å². The average Bonchev–Trinajstić information content (AvgIpc) is 2.83. The lowest BCUT2D eigenvalue weighted by atomic mass is 9.97. The van der Waals surface area contributed by atoms with Crippen molar-refractivity contribution in [3.05, 3.63) is 59.1 Å². The fourth-order valence-electron chi connectivity index (χ4n) is 4.01. The second-order valence-corrected chi connectivity index (χ2v) is 8.83. The third-order valence-corrected chi connectivity index (χ3v) is 6.04. The molecule has 0 saturated carbocycles. The van der Waals surface area contributed by atoms with Crippen LogP contribution in [0.2, 0.25) is 5.02 Å². The maximum atomic E-state index is 12.6. The van der Waals surface area contributed by atoms with Crippen molar-refractivity contribution in [2.24, 2.45) is 5.92 Å². The number of benzene rings is 2. The van der Waals surface area contributed by atoms with Crippen LogP contribution in [-0.2, 0) is 20.8 Å². The minimum absolute atomic E-state index is 0.191. The first-order chi connectivity index (χ1) is 16.3. The van der Waals surface area contributed by atoms with E-state index in [-0.39, 0.29) is 25.3 Å². The monoisotopic (exact) mass is 483 g/mol. The molecule has 9 heteroatoms. The smallest absolute Gasteiger partial charge is 0.332 e. The molecule has 0 aliphatic carbocycles. The Morgan fingerprint density at radius 1 is 1.18 bits per heavy atom. The minimum Gasteiger partial charge on any atom is -0.479 e. The van der Waals surface area contributed by atoms with E-state index < -0.39 is 29.9 Å². The topological polar surface area (TPSA) is 131 Å². The maximum absolute atomic E-state index is 12.6. The van der Waals surface area contributed by atoms with Crippen LogP contribution in [0.3, 0.4) is 0 Å². The summed E-state index contributed by atoms with van der Waals surface area (Å²) >= 11 is 6.06. The number of hydrogen-bond donors (Lipinski definition) is 3. The number of likely N-dealkylation sites (tertiary alicyclic amines) is 1. The highest BCUT2D eigenvalue weighted by Crippen LogP contribution is 2.23. The molecule has 3 atom stereocenters. The van der Waals surface area contributed by atoms with Crippen LogP contribution in [0.4, 0.5) is 0 Å². The number of rotatable bonds is 7. The highest BCUT2D eigenvalue weighted by atomic mass is 35.5. The molecule has 1 aliphatic rings. The van der Waals surface area contributed by atoms with Crippen LogP contribution < -0.4 is 5.32 Å². The molecular formula is C25H26ClN3O5. The molecule has 178 valence electrons. The molecule has 1 heterocycles. The van der Waals surface area contributed by atoms with E-state index in [4.69, 9.17) is 22.0 Å². The summed E-state index contributed by atoms with van der Waals surface area (Å²) in [5.74, 6) is -3.36. The second-order valence-electron chi connectivity index (χ2n) is 8.39. The Labute approximate surface area is 202 Å². The van der Waals surface area contributed by atoms with Gasteiger partial charge in [0.1, 0.15) is 0 Å². The van der Waals surface area contributed by atoms with Crippen molar-refractivity contribution < 1.29 is 24.6 Å². The first kappa shape index (κ1) is 25.2. The molecule has 0 bridgehead atoms. The van der Waals surface area contributed by atoms with E-state index in [0.717, 1.165) is 16.7 Å². The van der Waals surface area contributed by atoms with Crippen molar-refractivity contribution in [2.45, 2.75) is 37.8 Å². The van der Waals surface area contributed by atoms with Crippen molar-refractivity contribution in [1.82, 2.24) is 10.2 Å². The number of carboxylic acid groups (broad SMARTS) is 1. The Bertz CT molecular complexity index is 1080. The second kappa shape index (κ2) is 11.6. The summed E-state index contributed by atoms with van der Waals surface area (Å²) in [5, 5.41) is 31.3. The number of amides is 2. The van der Waals surface area contributed by atoms with Crippen molar-refractivity contribution >= 4 is 29.4 Å². The number of carbonyl (C=O) groups is 3. The zero-order valence-electron chi connectivity index (χ0n) is 18.5. The molecule has 1 fully saturated rings. The zero-order valence-corrected chi connectivity index (χ0v) is 19.2. The van der Waals surface area contributed by atoms with Gasteiger partial charge in [-0.2, -0.15) is 5.26 Å². The number of aliphatic carboxylic acids is 1. The lowest BCUT2D eigenvalue weighted by Gasteiger charge is -2.29. The summed E-state index contributed by atoms with van der Waals surface area (Å²) in [7, 11) is 0. The van der Waals surface area contributed by atoms with Crippen LogP contribution in [0.1, 0.15) is 24.8 Å². The number of aliphatic hydroxyl groups excluding tert-OH is 1. The van der Waals surface area contributed by atoms with Gasteiger partial charge in [0.2, 0.25) is 0 Å². The molecule has 1 aliphatic heterocycles. The third-order valence-electron chi connectivity index (χ3n) is 5.81. The van der Waals surface area contributed by atoms with Crippen LogP contribution >= 0.6 is 11.6 Å². The van der Waals surface area contributed by atoms with Crippen LogP contribution in [0, 0.1) is 17.2 Å². The lowest BCUT2D eigenvalue weighted by Crippen LogP contribution is -2.50. The van der Waals surface area contributed by atoms with Gasteiger partial charge in [-0.25, -0.2) is 4.79 Å². The number of piperidine rings is 1. The van der Waals surface area contributed by atoms with Gasteiger partial charge >= 0.3 is 17.8 Å². The third kappa shape index (κ3) is 6.80. The van der Waals surface area contributed by atoms with Crippen LogP contribution in [0.15, 0.2) is 48.5 Å². The van der Waals surface area contributed by atoms with Gasteiger partial charge in [0.25, 0.3) is 0 Å². The van der Waals surface area contributed by atoms with Crippen molar-refractivity contribution in [3.8, 4) is 17.2 Å². The molecule has 0 radical (unpaired) electrons. The largest absolute Gasteiger partial charge is 0.479 e. The number of carboxylic acids is 1. The quantitative estimate of drug-likeness (QED) is 0.519. The number of nitrogens with zero attached hydrogens (tertiary/aromatic N) is 2. The van der Waals surface area contributed by atoms with Gasteiger partial charge in [0, 0.05) is 30.6 Å². The molecule has 3 rings (SSSR count). The van der Waals surface area contributed by atoms with E-state index in [9.17, 15) is 19.5 Å². The molecule has 2 aromatic rings. The van der Waals surface area contributed by atoms with Crippen LogP contribution in [0.25, 0.3) is 11.1 Å². The first-order valence-corrected chi connectivity index (χ1v) is 11.4. The van der Waals surface area contributed by atoms with E-state index in [2.05, 4.69) is 11.4 Å². The standard InChI is InChI=1S/C25H26ClN3O5/c26-20-5-1-4-19(12-20)18-8-6-16(7-9-18)11-21(13-22(30)25(33)34)28-23(31)24(32)29-10-2-3-17(14-27)15-29/h1,4-9,12,17,21-22,30H,2-3,10-11,13,15H2,(H,28,31)(H,33,34). The molecule has 3 N–H and O–H groups in total. The Morgan fingerprint density at radius 2 is 1.91 bits per heavy atom. The predicted octanol–water partition coefficient (Wildman–Crippen LogP) is 2.63. The SMILES string of the molecule is N#CC1CCCN(C(=O)C(=O)NC(Cc2ccc(-c3cccc(Cl)c3)cc2)CC(O)C(=O)O)C1. The summed E-state index contributed by atoms with van der Waals surface area (Å²) in [6, 6.07) is 16.2. The lowest BCUT2D eigenvalue weighted by molar-refractivity contribution is -0.149. The molecule has 3 unspecified atom stereocenters. The van der Waals surface area contributed by atoms with Gasteiger partial charge in [-0.05, 0) is 48.1 Å². The summed E-state index contributed by atoms with van der Waals surface area (Å²) in [6.07, 6.45) is -0.410. The Morgan fingerprint density at radius 3 is 2.56 bits per heavy atom. The van der Waals surface area contributed by atoms with Gasteiger partial charge in [-0.15, -0.1) is 0 Å². The molecular weight excluding hydrogens is 458 g/mol. The van der Waals surface area contributed by atoms with E-state index in [1.54, 1.807) is 6.07 Å². The molecule has 0 aromatic heterocycles. The molecule has 34 heavy (non-hydrogen) atoms. The average molecular weight is 484 g/mol. The molecule has 2 aromatic carbocycles. The van der Waals surface area contributed by atoms with Crippen molar-refractivity contribution in [2.75, 3.05) is 13.1 Å². The van der Waals surface area contributed by atoms with E-state index in [0.29, 0.717) is 24.4 Å². The molecule has 2 amide bonds. The Kier molecular flexibility index (Phi) is 8.63. The van der Waals surface area contributed by atoms with E-state index in [1.807, 2.05) is 42.5 Å². The van der Waals surface area contributed by atoms with Crippen LogP contribution in [0.5, 0.6) is 0 Å². The fourth-order valence-corrected chi connectivity index (χ4v) is 4.20. The van der Waals surface area contributed by atoms with Gasteiger partial charge in [0.05, 0.1) is 12.0 Å². The maximum Gasteiger partial charge on any atom is 0.332 e. The number of hydrogen-bond acceptors (Lipinski definition) is 5. The number of halogens is 1. The summed E-state index contributed by atoms with van der Waals surface area (Å²) < 4.78 is 0. The highest BCUT2D eigenvalue weighted by molar-refractivity contribution is 6.35. The fraction of sp³-hybridized carbons (Fsp3) is 0.360. The summed E-state index contributed by atoms with van der Waals surface area (Å²) in [6.45, 7) is 0.577. The van der Waals surface area contributed by atoms with Gasteiger partial charge < -0.3 is 20.4 Å². The molecule has 1 saturated heterocycles. The van der Waals surface area contributed by atoms with Gasteiger partial charge in [0.15, 0.2) is 6.10 Å². The normalized spacial score (nSPS) is 17.3. The van der Waals surface area contributed by atoms with E-state index in [1.165, 1.54) is 4.90 Å². The predicted molar refractivity (Wildman–Crippen MR) is 126 cm³/mol. The first-order valence-electron chi connectivity index (χ1n) is 11.0. The number of carbonyl (C=O) groups excluding carboxylic acids is 2. The van der Waals surface area contributed by atoms with Crippen molar-refractivity contribution in [1.29, 1.82) is 5.26 Å².